The van der Waals surface area contributed by atoms with Crippen LogP contribution in [0.3, 0.4) is 0 Å². The molecule has 132 valence electrons. The molecule has 3 aliphatic rings. The first-order valence-electron chi connectivity index (χ1n) is 8.23. The number of nitrogens with zero attached hydrogens (tertiary/aromatic N) is 1. The van der Waals surface area contributed by atoms with Crippen molar-refractivity contribution in [3.63, 3.8) is 0 Å². The van der Waals surface area contributed by atoms with E-state index in [9.17, 15) is 18.0 Å². The molecule has 0 aromatic heterocycles. The van der Waals surface area contributed by atoms with E-state index in [1.54, 1.807) is 4.90 Å². The molecule has 1 aromatic carbocycles. The monoisotopic (exact) mass is 360 g/mol. The van der Waals surface area contributed by atoms with E-state index in [0.717, 1.165) is 31.2 Å². The Balaban J connectivity index is 0.00000169. The van der Waals surface area contributed by atoms with E-state index in [2.05, 4.69) is 5.32 Å². The van der Waals surface area contributed by atoms with Crippen LogP contribution < -0.4 is 5.32 Å². The van der Waals surface area contributed by atoms with Crippen LogP contribution in [-0.4, -0.2) is 30.4 Å². The lowest BCUT2D eigenvalue weighted by Crippen LogP contribution is -2.44. The number of halogens is 4. The summed E-state index contributed by atoms with van der Waals surface area (Å²) < 4.78 is 40.7. The molecule has 0 bridgehead atoms. The standard InChI is InChI=1S/C17H19F3N2O.ClH/c18-17(19,20)13-8-11(10-3-1-2-4-10)7-12-14-9-21-5-6-22(14)16(23)15(12)13;/h7-8,10,14,21H,1-6,9H2;1H/t14-;/m0./s1. The summed E-state index contributed by atoms with van der Waals surface area (Å²) in [6.07, 6.45) is -0.470. The number of benzene rings is 1. The van der Waals surface area contributed by atoms with Crippen LogP contribution in [-0.2, 0) is 6.18 Å². The molecule has 2 fully saturated rings. The van der Waals surface area contributed by atoms with E-state index >= 15 is 0 Å². The minimum absolute atomic E-state index is 0. The second-order valence-corrected chi connectivity index (χ2v) is 6.73. The number of nitrogens with one attached hydrogen (secondary N) is 1. The number of hydrogen-bond donors (Lipinski definition) is 1. The zero-order chi connectivity index (χ0) is 16.2. The van der Waals surface area contributed by atoms with E-state index in [1.807, 2.05) is 6.07 Å². The zero-order valence-corrected chi connectivity index (χ0v) is 14.0. The quantitative estimate of drug-likeness (QED) is 0.824. The van der Waals surface area contributed by atoms with Crippen molar-refractivity contribution in [1.82, 2.24) is 10.2 Å². The topological polar surface area (TPSA) is 32.3 Å². The highest BCUT2D eigenvalue weighted by molar-refractivity contribution is 6.01. The second-order valence-electron chi connectivity index (χ2n) is 6.73. The van der Waals surface area contributed by atoms with Crippen molar-refractivity contribution in [2.75, 3.05) is 19.6 Å². The second kappa shape index (κ2) is 6.23. The highest BCUT2D eigenvalue weighted by Gasteiger charge is 2.46. The molecule has 7 heteroatoms. The molecular weight excluding hydrogens is 341 g/mol. The first-order chi connectivity index (χ1) is 11.0. The van der Waals surface area contributed by atoms with Crippen molar-refractivity contribution in [2.45, 2.75) is 43.8 Å². The summed E-state index contributed by atoms with van der Waals surface area (Å²) in [6.45, 7) is 1.63. The van der Waals surface area contributed by atoms with E-state index in [1.165, 1.54) is 6.07 Å². The Labute approximate surface area is 145 Å². The smallest absolute Gasteiger partial charge is 0.329 e. The summed E-state index contributed by atoms with van der Waals surface area (Å²) in [5.41, 5.74) is 0.469. The highest BCUT2D eigenvalue weighted by atomic mass is 35.5. The van der Waals surface area contributed by atoms with Crippen LogP contribution in [0.2, 0.25) is 0 Å². The lowest BCUT2D eigenvalue weighted by molar-refractivity contribution is -0.138. The summed E-state index contributed by atoms with van der Waals surface area (Å²) >= 11 is 0. The molecule has 1 amide bonds. The number of rotatable bonds is 1. The average Bonchev–Trinajstić information content (AvgIpc) is 3.14. The fourth-order valence-corrected chi connectivity index (χ4v) is 4.28. The molecule has 1 N–H and O–H groups in total. The third-order valence-corrected chi connectivity index (χ3v) is 5.40. The van der Waals surface area contributed by atoms with Gasteiger partial charge in [-0.3, -0.25) is 4.79 Å². The minimum Gasteiger partial charge on any atom is -0.329 e. The average molecular weight is 361 g/mol. The molecule has 1 aromatic rings. The van der Waals surface area contributed by atoms with E-state index < -0.39 is 17.6 Å². The number of carbonyl (C=O) groups excluding carboxylic acids is 1. The maximum absolute atomic E-state index is 13.6. The molecule has 1 saturated heterocycles. The Morgan fingerprint density at radius 3 is 2.54 bits per heavy atom. The summed E-state index contributed by atoms with van der Waals surface area (Å²) in [5.74, 6) is -0.265. The van der Waals surface area contributed by atoms with Gasteiger partial charge in [-0.25, -0.2) is 0 Å². The van der Waals surface area contributed by atoms with Crippen molar-refractivity contribution in [2.24, 2.45) is 0 Å². The molecular formula is C17H20ClF3N2O. The van der Waals surface area contributed by atoms with Gasteiger partial charge in [0.05, 0.1) is 17.2 Å². The fourth-order valence-electron chi connectivity index (χ4n) is 4.28. The molecule has 1 aliphatic carbocycles. The van der Waals surface area contributed by atoms with Gasteiger partial charge in [-0.05, 0) is 36.0 Å². The molecule has 0 spiro atoms. The van der Waals surface area contributed by atoms with Gasteiger partial charge in [0, 0.05) is 19.6 Å². The molecule has 4 rings (SSSR count). The molecule has 2 heterocycles. The van der Waals surface area contributed by atoms with Gasteiger partial charge in [-0.2, -0.15) is 13.2 Å². The first kappa shape index (κ1) is 17.5. The normalized spacial score (nSPS) is 23.9. The van der Waals surface area contributed by atoms with E-state index in [-0.39, 0.29) is 29.9 Å². The van der Waals surface area contributed by atoms with E-state index in [0.29, 0.717) is 25.2 Å². The van der Waals surface area contributed by atoms with Gasteiger partial charge in [-0.15, -0.1) is 12.4 Å². The van der Waals surface area contributed by atoms with Crippen molar-refractivity contribution >= 4 is 18.3 Å². The summed E-state index contributed by atoms with van der Waals surface area (Å²) in [6, 6.07) is 2.85. The summed E-state index contributed by atoms with van der Waals surface area (Å²) in [4.78, 5) is 14.1. The molecule has 24 heavy (non-hydrogen) atoms. The molecule has 1 atom stereocenters. The molecule has 1 saturated carbocycles. The van der Waals surface area contributed by atoms with Crippen LogP contribution in [0.5, 0.6) is 0 Å². The van der Waals surface area contributed by atoms with Crippen LogP contribution >= 0.6 is 12.4 Å². The molecule has 3 nitrogen and oxygen atoms in total. The van der Waals surface area contributed by atoms with Crippen LogP contribution in [0, 0.1) is 0 Å². The van der Waals surface area contributed by atoms with Gasteiger partial charge in [0.2, 0.25) is 0 Å². The SMILES string of the molecule is Cl.O=C1c2c(cc(C3CCCC3)cc2C(F)(F)F)[C@@H]2CNCCN12. The Bertz CT molecular complexity index is 656. The lowest BCUT2D eigenvalue weighted by atomic mass is 9.89. The van der Waals surface area contributed by atoms with Gasteiger partial charge < -0.3 is 10.2 Å². The van der Waals surface area contributed by atoms with E-state index in [4.69, 9.17) is 0 Å². The molecule has 0 radical (unpaired) electrons. The van der Waals surface area contributed by atoms with Crippen molar-refractivity contribution in [1.29, 1.82) is 0 Å². The Morgan fingerprint density at radius 1 is 1.17 bits per heavy atom. The minimum atomic E-state index is -4.49. The fraction of sp³-hybridized carbons (Fsp3) is 0.588. The van der Waals surface area contributed by atoms with Crippen molar-refractivity contribution < 1.29 is 18.0 Å². The van der Waals surface area contributed by atoms with Crippen LogP contribution in [0.15, 0.2) is 12.1 Å². The predicted octanol–water partition coefficient (Wildman–Crippen LogP) is 3.88. The number of hydrogen-bond acceptors (Lipinski definition) is 2. The summed E-state index contributed by atoms with van der Waals surface area (Å²) in [7, 11) is 0. The zero-order valence-electron chi connectivity index (χ0n) is 13.2. The van der Waals surface area contributed by atoms with Gasteiger partial charge >= 0.3 is 6.18 Å². The van der Waals surface area contributed by atoms with Gasteiger partial charge in [0.1, 0.15) is 0 Å². The molecule has 2 aliphatic heterocycles. The Hall–Kier alpha value is -1.27. The predicted molar refractivity (Wildman–Crippen MR) is 86.5 cm³/mol. The third-order valence-electron chi connectivity index (χ3n) is 5.40. The first-order valence-corrected chi connectivity index (χ1v) is 8.23. The van der Waals surface area contributed by atoms with Crippen LogP contribution in [0.1, 0.15) is 64.7 Å². The van der Waals surface area contributed by atoms with Crippen molar-refractivity contribution in [3.8, 4) is 0 Å². The third kappa shape index (κ3) is 2.69. The van der Waals surface area contributed by atoms with Gasteiger partial charge in [0.15, 0.2) is 0 Å². The molecule has 0 unspecified atom stereocenters. The van der Waals surface area contributed by atoms with Crippen LogP contribution in [0.25, 0.3) is 0 Å². The maximum atomic E-state index is 13.6. The Morgan fingerprint density at radius 2 is 1.88 bits per heavy atom. The number of amides is 1. The highest BCUT2D eigenvalue weighted by Crippen LogP contribution is 2.45. The van der Waals surface area contributed by atoms with Gasteiger partial charge in [-0.1, -0.05) is 18.9 Å². The maximum Gasteiger partial charge on any atom is 0.417 e. The largest absolute Gasteiger partial charge is 0.417 e. The number of piperazine rings is 1. The van der Waals surface area contributed by atoms with Crippen LogP contribution in [0.4, 0.5) is 13.2 Å². The number of fused-ring (bicyclic) bond motifs is 3. The summed E-state index contributed by atoms with van der Waals surface area (Å²) in [5, 5.41) is 3.19. The number of alkyl halides is 3. The Kier molecular flexibility index (Phi) is 4.55. The lowest BCUT2D eigenvalue weighted by Gasteiger charge is -2.30. The van der Waals surface area contributed by atoms with Crippen molar-refractivity contribution in [3.05, 3.63) is 34.4 Å². The van der Waals surface area contributed by atoms with Gasteiger partial charge in [0.25, 0.3) is 5.91 Å². The number of carbonyl (C=O) groups is 1.